The number of halogens is 1. The van der Waals surface area contributed by atoms with Crippen molar-refractivity contribution in [3.05, 3.63) is 28.2 Å². The third-order valence-electron chi connectivity index (χ3n) is 1.84. The summed E-state index contributed by atoms with van der Waals surface area (Å²) in [5, 5.41) is 0. The summed E-state index contributed by atoms with van der Waals surface area (Å²) in [6.07, 6.45) is 0. The summed E-state index contributed by atoms with van der Waals surface area (Å²) in [5.41, 5.74) is 16.4. The minimum Gasteiger partial charge on any atom is -0.465 e. The molecule has 18 heavy (non-hydrogen) atoms. The van der Waals surface area contributed by atoms with Crippen molar-refractivity contribution in [1.82, 2.24) is 0 Å². The Kier molecular flexibility index (Phi) is 4.67. The molecule has 96 valence electrons. The van der Waals surface area contributed by atoms with Gasteiger partial charge in [-0.1, -0.05) is 15.9 Å². The molecule has 7 nitrogen and oxygen atoms in total. The smallest absolute Gasteiger partial charge is 0.340 e. The van der Waals surface area contributed by atoms with Gasteiger partial charge < -0.3 is 21.9 Å². The molecule has 0 radical (unpaired) electrons. The van der Waals surface area contributed by atoms with Crippen molar-refractivity contribution >= 4 is 39.5 Å². The van der Waals surface area contributed by atoms with Crippen LogP contribution in [0.3, 0.4) is 0 Å². The first-order valence-corrected chi connectivity index (χ1v) is 5.55. The quantitative estimate of drug-likeness (QED) is 0.415. The van der Waals surface area contributed by atoms with Crippen LogP contribution in [-0.2, 0) is 4.74 Å². The standard InChI is InChI=1S/C10H12BrN5O2/c1-18-8(17)6-4-5(11)2-3-7(6)15-10(14)16-9(12)13/h2-4H,1H3,(H6,12,13,14,15,16). The van der Waals surface area contributed by atoms with E-state index < -0.39 is 5.97 Å². The highest BCUT2D eigenvalue weighted by atomic mass is 79.9. The van der Waals surface area contributed by atoms with Crippen LogP contribution in [0.1, 0.15) is 10.4 Å². The lowest BCUT2D eigenvalue weighted by Gasteiger charge is -2.04. The maximum atomic E-state index is 11.6. The maximum absolute atomic E-state index is 11.6. The predicted molar refractivity (Wildman–Crippen MR) is 72.6 cm³/mol. The van der Waals surface area contributed by atoms with Crippen LogP contribution in [0.15, 0.2) is 32.7 Å². The molecule has 6 N–H and O–H groups in total. The first-order valence-electron chi connectivity index (χ1n) is 4.75. The lowest BCUT2D eigenvalue weighted by atomic mass is 10.2. The fraction of sp³-hybridized carbons (Fsp3) is 0.100. The van der Waals surface area contributed by atoms with Crippen molar-refractivity contribution in [2.24, 2.45) is 27.2 Å². The van der Waals surface area contributed by atoms with E-state index in [1.165, 1.54) is 7.11 Å². The number of carbonyl (C=O) groups excluding carboxylic acids is 1. The molecule has 0 fully saturated rings. The number of esters is 1. The number of hydrogen-bond donors (Lipinski definition) is 3. The van der Waals surface area contributed by atoms with Gasteiger partial charge in [0.15, 0.2) is 5.96 Å². The largest absolute Gasteiger partial charge is 0.465 e. The summed E-state index contributed by atoms with van der Waals surface area (Å²) >= 11 is 3.25. The monoisotopic (exact) mass is 313 g/mol. The molecule has 0 unspecified atom stereocenters. The number of carbonyl (C=O) groups is 1. The molecule has 0 atom stereocenters. The van der Waals surface area contributed by atoms with Crippen molar-refractivity contribution in [3.8, 4) is 0 Å². The van der Waals surface area contributed by atoms with Gasteiger partial charge in [-0.25, -0.2) is 9.79 Å². The van der Waals surface area contributed by atoms with Crippen LogP contribution < -0.4 is 17.2 Å². The van der Waals surface area contributed by atoms with E-state index in [-0.39, 0.29) is 17.5 Å². The summed E-state index contributed by atoms with van der Waals surface area (Å²) < 4.78 is 5.35. The van der Waals surface area contributed by atoms with Crippen LogP contribution in [0, 0.1) is 0 Å². The fourth-order valence-electron chi connectivity index (χ4n) is 1.16. The second-order valence-corrected chi connectivity index (χ2v) is 4.08. The number of rotatable bonds is 2. The van der Waals surface area contributed by atoms with Gasteiger partial charge in [0.05, 0.1) is 18.4 Å². The van der Waals surface area contributed by atoms with E-state index in [0.29, 0.717) is 10.2 Å². The van der Waals surface area contributed by atoms with Crippen LogP contribution in [0.25, 0.3) is 0 Å². The van der Waals surface area contributed by atoms with Gasteiger partial charge >= 0.3 is 5.97 Å². The molecule has 0 amide bonds. The van der Waals surface area contributed by atoms with Crippen molar-refractivity contribution < 1.29 is 9.53 Å². The number of nitrogens with zero attached hydrogens (tertiary/aromatic N) is 2. The normalized spacial score (nSPS) is 10.9. The van der Waals surface area contributed by atoms with Crippen molar-refractivity contribution in [3.63, 3.8) is 0 Å². The van der Waals surface area contributed by atoms with Gasteiger partial charge in [0.1, 0.15) is 0 Å². The van der Waals surface area contributed by atoms with Crippen LogP contribution in [0.4, 0.5) is 5.69 Å². The molecule has 0 saturated carbocycles. The summed E-state index contributed by atoms with van der Waals surface area (Å²) in [6.45, 7) is 0. The van der Waals surface area contributed by atoms with Gasteiger partial charge in [-0.15, -0.1) is 0 Å². The van der Waals surface area contributed by atoms with Gasteiger partial charge in [0, 0.05) is 4.47 Å². The first-order chi connectivity index (χ1) is 8.43. The number of hydrogen-bond acceptors (Lipinski definition) is 3. The lowest BCUT2D eigenvalue weighted by molar-refractivity contribution is 0.0601. The van der Waals surface area contributed by atoms with Gasteiger partial charge in [-0.3, -0.25) is 0 Å². The Bertz CT molecular complexity index is 523. The zero-order chi connectivity index (χ0) is 13.7. The third kappa shape index (κ3) is 3.74. The molecule has 0 aliphatic heterocycles. The second kappa shape index (κ2) is 6.01. The molecule has 0 bridgehead atoms. The Morgan fingerprint density at radius 3 is 2.56 bits per heavy atom. The Hall–Kier alpha value is -2.09. The molecular weight excluding hydrogens is 302 g/mol. The minimum atomic E-state index is -0.535. The molecule has 1 aromatic carbocycles. The molecule has 1 rings (SSSR count). The van der Waals surface area contributed by atoms with Gasteiger partial charge in [-0.05, 0) is 18.2 Å². The van der Waals surface area contributed by atoms with E-state index in [1.807, 2.05) is 0 Å². The Balaban J connectivity index is 3.24. The van der Waals surface area contributed by atoms with E-state index in [0.717, 1.165) is 0 Å². The molecule has 0 aromatic heterocycles. The number of benzene rings is 1. The highest BCUT2D eigenvalue weighted by Gasteiger charge is 2.12. The average Bonchev–Trinajstić information content (AvgIpc) is 2.29. The van der Waals surface area contributed by atoms with Crippen LogP contribution in [0.2, 0.25) is 0 Å². The molecule has 0 spiro atoms. The van der Waals surface area contributed by atoms with Crippen molar-refractivity contribution in [1.29, 1.82) is 0 Å². The highest BCUT2D eigenvalue weighted by Crippen LogP contribution is 2.24. The molecule has 0 saturated heterocycles. The number of guanidine groups is 2. The molecule has 1 aromatic rings. The summed E-state index contributed by atoms with van der Waals surface area (Å²) in [4.78, 5) is 19.0. The Morgan fingerprint density at radius 1 is 1.33 bits per heavy atom. The molecule has 0 aliphatic carbocycles. The van der Waals surface area contributed by atoms with E-state index in [4.69, 9.17) is 17.2 Å². The highest BCUT2D eigenvalue weighted by molar-refractivity contribution is 9.10. The van der Waals surface area contributed by atoms with Gasteiger partial charge in [0.25, 0.3) is 0 Å². The van der Waals surface area contributed by atoms with Crippen LogP contribution in [0.5, 0.6) is 0 Å². The van der Waals surface area contributed by atoms with Crippen molar-refractivity contribution in [2.75, 3.05) is 7.11 Å². The fourth-order valence-corrected chi connectivity index (χ4v) is 1.52. The Morgan fingerprint density at radius 2 is 2.00 bits per heavy atom. The van der Waals surface area contributed by atoms with E-state index in [9.17, 15) is 4.79 Å². The minimum absolute atomic E-state index is 0.150. The van der Waals surface area contributed by atoms with E-state index in [1.54, 1.807) is 18.2 Å². The molecule has 0 heterocycles. The zero-order valence-electron chi connectivity index (χ0n) is 9.55. The average molecular weight is 314 g/mol. The van der Waals surface area contributed by atoms with Gasteiger partial charge in [0.2, 0.25) is 5.96 Å². The van der Waals surface area contributed by atoms with E-state index in [2.05, 4.69) is 30.7 Å². The van der Waals surface area contributed by atoms with Gasteiger partial charge in [-0.2, -0.15) is 4.99 Å². The number of aliphatic imine (C=N–C) groups is 2. The lowest BCUT2D eigenvalue weighted by Crippen LogP contribution is -2.26. The van der Waals surface area contributed by atoms with Crippen LogP contribution in [-0.4, -0.2) is 25.0 Å². The van der Waals surface area contributed by atoms with Crippen LogP contribution >= 0.6 is 15.9 Å². The number of nitrogens with two attached hydrogens (primary N) is 3. The summed E-state index contributed by atoms with van der Waals surface area (Å²) in [5.74, 6) is -0.900. The van der Waals surface area contributed by atoms with E-state index >= 15 is 0 Å². The zero-order valence-corrected chi connectivity index (χ0v) is 11.1. The summed E-state index contributed by atoms with van der Waals surface area (Å²) in [7, 11) is 1.27. The second-order valence-electron chi connectivity index (χ2n) is 3.16. The molecule has 8 heteroatoms. The number of ether oxygens (including phenoxy) is 1. The maximum Gasteiger partial charge on any atom is 0.340 e. The summed E-state index contributed by atoms with van der Waals surface area (Å²) in [6, 6.07) is 4.85. The first kappa shape index (κ1) is 14.0. The SMILES string of the molecule is COC(=O)c1cc(Br)ccc1N=C(N)N=C(N)N. The Labute approximate surface area is 112 Å². The number of methoxy groups -OCH3 is 1. The molecule has 0 aliphatic rings. The topological polar surface area (TPSA) is 129 Å². The third-order valence-corrected chi connectivity index (χ3v) is 2.34. The molecular formula is C10H12BrN5O2. The predicted octanol–water partition coefficient (Wildman–Crippen LogP) is 0.455. The van der Waals surface area contributed by atoms with Crippen molar-refractivity contribution in [2.45, 2.75) is 0 Å².